The number of nitrogens with one attached hydrogen (secondary N) is 1. The van der Waals surface area contributed by atoms with Gasteiger partial charge in [-0.1, -0.05) is 19.9 Å². The van der Waals surface area contributed by atoms with Crippen molar-refractivity contribution in [3.63, 3.8) is 0 Å². The number of rotatable bonds is 6. The third kappa shape index (κ3) is 4.95. The van der Waals surface area contributed by atoms with Crippen LogP contribution in [0.15, 0.2) is 18.2 Å². The van der Waals surface area contributed by atoms with Crippen molar-refractivity contribution in [3.05, 3.63) is 29.8 Å². The van der Waals surface area contributed by atoms with Crippen LogP contribution < -0.4 is 11.1 Å². The molecule has 0 atom stereocenters. The van der Waals surface area contributed by atoms with Gasteiger partial charge in [0.1, 0.15) is 17.3 Å². The maximum atomic E-state index is 13.3. The molecule has 0 saturated carbocycles. The van der Waals surface area contributed by atoms with Gasteiger partial charge < -0.3 is 11.1 Å². The predicted octanol–water partition coefficient (Wildman–Crippen LogP) is 3.06. The summed E-state index contributed by atoms with van der Waals surface area (Å²) in [5.41, 5.74) is 5.04. The first-order chi connectivity index (χ1) is 8.85. The summed E-state index contributed by atoms with van der Waals surface area (Å²) in [6, 6.07) is 3.47. The summed E-state index contributed by atoms with van der Waals surface area (Å²) >= 11 is 0. The Morgan fingerprint density at radius 1 is 1.26 bits per heavy atom. The van der Waals surface area contributed by atoms with E-state index in [4.69, 9.17) is 5.73 Å². The first-order valence-electron chi connectivity index (χ1n) is 6.30. The Hall–Kier alpha value is -1.49. The molecule has 0 saturated heterocycles. The SMILES string of the molecule is CC(C)(CCN)CCC(=O)Nc1c(F)cccc1F. The molecule has 1 rings (SSSR count). The number of halogens is 2. The van der Waals surface area contributed by atoms with Crippen molar-refractivity contribution in [2.24, 2.45) is 11.1 Å². The van der Waals surface area contributed by atoms with E-state index in [1.54, 1.807) is 0 Å². The molecule has 0 heterocycles. The van der Waals surface area contributed by atoms with E-state index in [9.17, 15) is 13.6 Å². The molecular weight excluding hydrogens is 250 g/mol. The molecule has 1 aromatic rings. The zero-order chi connectivity index (χ0) is 14.5. The molecule has 19 heavy (non-hydrogen) atoms. The molecule has 0 aliphatic rings. The molecule has 106 valence electrons. The minimum absolute atomic E-state index is 0.0557. The van der Waals surface area contributed by atoms with Crippen LogP contribution in [0.1, 0.15) is 33.1 Å². The van der Waals surface area contributed by atoms with Crippen molar-refractivity contribution < 1.29 is 13.6 Å². The van der Waals surface area contributed by atoms with Crippen LogP contribution in [-0.4, -0.2) is 12.5 Å². The van der Waals surface area contributed by atoms with Gasteiger partial charge in [0.15, 0.2) is 0 Å². The molecule has 0 aliphatic carbocycles. The molecule has 0 spiro atoms. The van der Waals surface area contributed by atoms with Crippen LogP contribution in [0.2, 0.25) is 0 Å². The lowest BCUT2D eigenvalue weighted by molar-refractivity contribution is -0.116. The van der Waals surface area contributed by atoms with E-state index in [1.165, 1.54) is 6.07 Å². The first kappa shape index (κ1) is 15.6. The average molecular weight is 270 g/mol. The lowest BCUT2D eigenvalue weighted by Crippen LogP contribution is -2.21. The average Bonchev–Trinajstić information content (AvgIpc) is 2.32. The van der Waals surface area contributed by atoms with Crippen molar-refractivity contribution >= 4 is 11.6 Å². The molecular formula is C14H20F2N2O. The third-order valence-electron chi connectivity index (χ3n) is 3.08. The lowest BCUT2D eigenvalue weighted by atomic mass is 9.84. The monoisotopic (exact) mass is 270 g/mol. The van der Waals surface area contributed by atoms with Crippen molar-refractivity contribution in [2.45, 2.75) is 33.1 Å². The van der Waals surface area contributed by atoms with Crippen LogP contribution in [0.4, 0.5) is 14.5 Å². The van der Waals surface area contributed by atoms with Gasteiger partial charge in [0, 0.05) is 6.42 Å². The molecule has 0 unspecified atom stereocenters. The smallest absolute Gasteiger partial charge is 0.224 e. The number of nitrogens with two attached hydrogens (primary N) is 1. The van der Waals surface area contributed by atoms with Crippen molar-refractivity contribution in [1.29, 1.82) is 0 Å². The van der Waals surface area contributed by atoms with E-state index in [0.29, 0.717) is 13.0 Å². The molecule has 1 amide bonds. The summed E-state index contributed by atoms with van der Waals surface area (Å²) in [4.78, 5) is 11.7. The van der Waals surface area contributed by atoms with Crippen LogP contribution in [0, 0.1) is 17.0 Å². The number of carbonyl (C=O) groups is 1. The highest BCUT2D eigenvalue weighted by Crippen LogP contribution is 2.26. The molecule has 0 bridgehead atoms. The van der Waals surface area contributed by atoms with Gasteiger partial charge in [-0.3, -0.25) is 4.79 Å². The van der Waals surface area contributed by atoms with Gasteiger partial charge in [-0.05, 0) is 36.9 Å². The Balaban J connectivity index is 2.57. The number of amides is 1. The third-order valence-corrected chi connectivity index (χ3v) is 3.08. The van der Waals surface area contributed by atoms with Gasteiger partial charge in [0.25, 0.3) is 0 Å². The zero-order valence-electron chi connectivity index (χ0n) is 11.3. The number of para-hydroxylation sites is 1. The summed E-state index contributed by atoms with van der Waals surface area (Å²) in [7, 11) is 0. The number of anilines is 1. The highest BCUT2D eigenvalue weighted by atomic mass is 19.1. The fourth-order valence-corrected chi connectivity index (χ4v) is 1.79. The molecule has 0 aliphatic heterocycles. The van der Waals surface area contributed by atoms with E-state index in [2.05, 4.69) is 5.32 Å². The number of carbonyl (C=O) groups excluding carboxylic acids is 1. The van der Waals surface area contributed by atoms with E-state index in [1.807, 2.05) is 13.8 Å². The van der Waals surface area contributed by atoms with E-state index >= 15 is 0 Å². The Bertz CT molecular complexity index is 427. The maximum Gasteiger partial charge on any atom is 0.224 e. The van der Waals surface area contributed by atoms with Gasteiger partial charge in [-0.2, -0.15) is 0 Å². The van der Waals surface area contributed by atoms with Gasteiger partial charge in [-0.25, -0.2) is 8.78 Å². The van der Waals surface area contributed by atoms with Gasteiger partial charge in [-0.15, -0.1) is 0 Å². The molecule has 3 N–H and O–H groups in total. The Morgan fingerprint density at radius 2 is 1.84 bits per heavy atom. The second kappa shape index (κ2) is 6.61. The van der Waals surface area contributed by atoms with Crippen LogP contribution in [0.25, 0.3) is 0 Å². The van der Waals surface area contributed by atoms with Crippen molar-refractivity contribution in [3.8, 4) is 0 Å². The van der Waals surface area contributed by atoms with Gasteiger partial charge in [0.2, 0.25) is 5.91 Å². The van der Waals surface area contributed by atoms with Crippen molar-refractivity contribution in [1.82, 2.24) is 0 Å². The molecule has 3 nitrogen and oxygen atoms in total. The molecule has 1 aromatic carbocycles. The summed E-state index contributed by atoms with van der Waals surface area (Å²) in [6.07, 6.45) is 1.63. The zero-order valence-corrected chi connectivity index (χ0v) is 11.3. The lowest BCUT2D eigenvalue weighted by Gasteiger charge is -2.23. The summed E-state index contributed by atoms with van der Waals surface area (Å²) in [5.74, 6) is -1.93. The summed E-state index contributed by atoms with van der Waals surface area (Å²) < 4.78 is 26.7. The fraction of sp³-hybridized carbons (Fsp3) is 0.500. The molecule has 0 radical (unpaired) electrons. The van der Waals surface area contributed by atoms with Crippen LogP contribution in [0.3, 0.4) is 0 Å². The molecule has 5 heteroatoms. The Morgan fingerprint density at radius 3 is 2.37 bits per heavy atom. The first-order valence-corrected chi connectivity index (χ1v) is 6.30. The summed E-state index contributed by atoms with van der Waals surface area (Å²) in [6.45, 7) is 4.57. The van der Waals surface area contributed by atoms with Crippen LogP contribution in [0.5, 0.6) is 0 Å². The van der Waals surface area contributed by atoms with E-state index < -0.39 is 17.5 Å². The molecule has 0 fully saturated rings. The summed E-state index contributed by atoms with van der Waals surface area (Å²) in [5, 5.41) is 2.27. The minimum Gasteiger partial charge on any atom is -0.330 e. The number of benzene rings is 1. The Labute approximate surface area is 112 Å². The second-order valence-corrected chi connectivity index (χ2v) is 5.35. The standard InChI is InChI=1S/C14H20F2N2O/c1-14(2,8-9-17)7-6-12(19)18-13-10(15)4-3-5-11(13)16/h3-5H,6-9,17H2,1-2H3,(H,18,19). The largest absolute Gasteiger partial charge is 0.330 e. The van der Waals surface area contributed by atoms with E-state index in [0.717, 1.165) is 18.6 Å². The Kier molecular flexibility index (Phi) is 5.42. The van der Waals surface area contributed by atoms with Crippen molar-refractivity contribution in [2.75, 3.05) is 11.9 Å². The maximum absolute atomic E-state index is 13.3. The highest BCUT2D eigenvalue weighted by molar-refractivity contribution is 5.90. The highest BCUT2D eigenvalue weighted by Gasteiger charge is 2.19. The van der Waals surface area contributed by atoms with Gasteiger partial charge >= 0.3 is 0 Å². The normalized spacial score (nSPS) is 11.4. The fourth-order valence-electron chi connectivity index (χ4n) is 1.79. The quantitative estimate of drug-likeness (QED) is 0.834. The predicted molar refractivity (Wildman–Crippen MR) is 71.7 cm³/mol. The molecule has 0 aromatic heterocycles. The minimum atomic E-state index is -0.769. The van der Waals surface area contributed by atoms with Crippen LogP contribution in [-0.2, 0) is 4.79 Å². The second-order valence-electron chi connectivity index (χ2n) is 5.35. The topological polar surface area (TPSA) is 55.1 Å². The van der Waals surface area contributed by atoms with E-state index in [-0.39, 0.29) is 17.5 Å². The number of hydrogen-bond donors (Lipinski definition) is 2. The number of hydrogen-bond acceptors (Lipinski definition) is 2. The van der Waals surface area contributed by atoms with Crippen LogP contribution >= 0.6 is 0 Å². The van der Waals surface area contributed by atoms with Gasteiger partial charge in [0.05, 0.1) is 0 Å².